The molecule has 0 aliphatic carbocycles. The molecule has 49 heavy (non-hydrogen) atoms. The molecule has 0 bridgehead atoms. The molecule has 2 aliphatic heterocycles. The summed E-state index contributed by atoms with van der Waals surface area (Å²) in [4.78, 5) is 40.6. The molecule has 270 valence electrons. The molecule has 10 heteroatoms. The Morgan fingerprint density at radius 1 is 0.796 bits per heavy atom. The molecule has 5 atom stereocenters. The van der Waals surface area contributed by atoms with Gasteiger partial charge in [0.25, 0.3) is 0 Å². The predicted molar refractivity (Wildman–Crippen MR) is 190 cm³/mol. The molecule has 2 saturated heterocycles. The Kier molecular flexibility index (Phi) is 14.9. The lowest BCUT2D eigenvalue weighted by molar-refractivity contribution is -0.834. The number of carbonyl (C=O) groups is 3. The zero-order valence-corrected chi connectivity index (χ0v) is 30.1. The van der Waals surface area contributed by atoms with Gasteiger partial charge in [-0.2, -0.15) is 0 Å². The van der Waals surface area contributed by atoms with Gasteiger partial charge in [0.15, 0.2) is 6.17 Å². The summed E-state index contributed by atoms with van der Waals surface area (Å²) < 4.78 is 17.5. The molecular weight excluding hydrogens is 620 g/mol. The topological polar surface area (TPSA) is 115 Å². The number of carbonyl (C=O) groups excluding carboxylic acids is 3. The average molecular weight is 680 g/mol. The summed E-state index contributed by atoms with van der Waals surface area (Å²) in [5.74, 6) is -0.124. The average Bonchev–Trinajstić information content (AvgIpc) is 3.62. The molecule has 0 saturated carbocycles. The number of hydrogen-bond donors (Lipinski definition) is 3. The minimum Gasteiger partial charge on any atom is -0.445 e. The van der Waals surface area contributed by atoms with Crippen LogP contribution in [0.1, 0.15) is 109 Å². The van der Waals surface area contributed by atoms with Gasteiger partial charge in [0, 0.05) is 12.3 Å². The largest absolute Gasteiger partial charge is 0.445 e. The molecular formula is C39H59N4O6+. The lowest BCUT2D eigenvalue weighted by Gasteiger charge is -2.34. The van der Waals surface area contributed by atoms with Gasteiger partial charge in [0.1, 0.15) is 26.2 Å². The lowest BCUT2D eigenvalue weighted by atomic mass is 9.97. The molecule has 3 amide bonds. The summed E-state index contributed by atoms with van der Waals surface area (Å²) in [5.41, 5.74) is 0.689. The summed E-state index contributed by atoms with van der Waals surface area (Å²) in [6, 6.07) is 19.1. The van der Waals surface area contributed by atoms with E-state index in [1.165, 1.54) is 25.7 Å². The number of ether oxygens (including phenoxy) is 3. The second kappa shape index (κ2) is 19.1. The number of nitrogens with one attached hydrogen (secondary N) is 3. The summed E-state index contributed by atoms with van der Waals surface area (Å²) in [5, 5.41) is 9.59. The molecule has 10 nitrogen and oxygen atoms in total. The molecule has 4 rings (SSSR count). The Hall–Kier alpha value is -3.47. The highest BCUT2D eigenvalue weighted by Gasteiger charge is 2.86. The van der Waals surface area contributed by atoms with Crippen LogP contribution in [-0.4, -0.2) is 53.9 Å². The third-order valence-corrected chi connectivity index (χ3v) is 10.3. The Balaban J connectivity index is 1.50. The van der Waals surface area contributed by atoms with Crippen molar-refractivity contribution in [1.29, 1.82) is 0 Å². The molecule has 2 aromatic rings. The van der Waals surface area contributed by atoms with E-state index in [1.807, 2.05) is 74.5 Å². The number of amides is 3. The molecule has 0 radical (unpaired) electrons. The smallest absolute Gasteiger partial charge is 0.412 e. The fourth-order valence-electron chi connectivity index (χ4n) is 7.25. The van der Waals surface area contributed by atoms with Gasteiger partial charge in [0.2, 0.25) is 0 Å². The Labute approximate surface area is 293 Å². The van der Waals surface area contributed by atoms with Crippen LogP contribution in [0.2, 0.25) is 0 Å². The first kappa shape index (κ1) is 38.3. The normalized spacial score (nSPS) is 24.5. The van der Waals surface area contributed by atoms with Crippen LogP contribution in [0.25, 0.3) is 0 Å². The predicted octanol–water partition coefficient (Wildman–Crippen LogP) is 7.73. The lowest BCUT2D eigenvalue weighted by Crippen LogP contribution is -2.60. The van der Waals surface area contributed by atoms with Gasteiger partial charge >= 0.3 is 23.8 Å². The van der Waals surface area contributed by atoms with Crippen molar-refractivity contribution in [2.75, 3.05) is 13.3 Å². The summed E-state index contributed by atoms with van der Waals surface area (Å²) >= 11 is 0. The van der Waals surface area contributed by atoms with E-state index in [0.29, 0.717) is 6.54 Å². The van der Waals surface area contributed by atoms with Crippen LogP contribution in [0.5, 0.6) is 0 Å². The molecule has 2 aromatic carbocycles. The van der Waals surface area contributed by atoms with Crippen molar-refractivity contribution in [1.82, 2.24) is 16.0 Å². The van der Waals surface area contributed by atoms with Gasteiger partial charge in [-0.1, -0.05) is 127 Å². The van der Waals surface area contributed by atoms with Gasteiger partial charge in [-0.15, -0.1) is 0 Å². The van der Waals surface area contributed by atoms with Crippen LogP contribution in [0.3, 0.4) is 0 Å². The van der Waals surface area contributed by atoms with E-state index in [9.17, 15) is 14.4 Å². The minimum atomic E-state index is -1.10. The van der Waals surface area contributed by atoms with Crippen molar-refractivity contribution < 1.29 is 33.1 Å². The van der Waals surface area contributed by atoms with Crippen LogP contribution in [0, 0.1) is 11.8 Å². The fraction of sp³-hybridized carbons (Fsp3) is 0.615. The molecule has 2 fully saturated rings. The third-order valence-electron chi connectivity index (χ3n) is 10.3. The van der Waals surface area contributed by atoms with Gasteiger partial charge in [-0.25, -0.2) is 24.2 Å². The highest BCUT2D eigenvalue weighted by atomic mass is 16.6. The summed E-state index contributed by atoms with van der Waals surface area (Å²) in [6.07, 6.45) is 9.41. The fourth-order valence-corrected chi connectivity index (χ4v) is 7.25. The van der Waals surface area contributed by atoms with Crippen LogP contribution in [0.4, 0.5) is 9.59 Å². The maximum Gasteiger partial charge on any atom is 0.412 e. The van der Waals surface area contributed by atoms with E-state index < -0.39 is 24.1 Å². The van der Waals surface area contributed by atoms with E-state index in [1.54, 1.807) is 0 Å². The monoisotopic (exact) mass is 679 g/mol. The van der Waals surface area contributed by atoms with Crippen molar-refractivity contribution in [3.8, 4) is 0 Å². The molecule has 0 aromatic heterocycles. The molecule has 3 N–H and O–H groups in total. The van der Waals surface area contributed by atoms with Crippen LogP contribution in [-0.2, 0) is 32.2 Å². The second-order valence-corrected chi connectivity index (χ2v) is 14.0. The summed E-state index contributed by atoms with van der Waals surface area (Å²) in [7, 11) is 0. The number of rotatable bonds is 13. The van der Waals surface area contributed by atoms with Crippen LogP contribution < -0.4 is 16.0 Å². The van der Waals surface area contributed by atoms with Crippen LogP contribution in [0.15, 0.2) is 60.7 Å². The van der Waals surface area contributed by atoms with E-state index in [2.05, 4.69) is 29.8 Å². The first-order valence-electron chi connectivity index (χ1n) is 18.5. The quantitative estimate of drug-likeness (QED) is 0.113. The second-order valence-electron chi connectivity index (χ2n) is 14.0. The summed E-state index contributed by atoms with van der Waals surface area (Å²) in [6.45, 7) is 9.10. The van der Waals surface area contributed by atoms with Gasteiger partial charge in [-0.05, 0) is 42.7 Å². The van der Waals surface area contributed by atoms with Crippen LogP contribution >= 0.6 is 0 Å². The molecule has 2 aliphatic rings. The van der Waals surface area contributed by atoms with E-state index in [4.69, 9.17) is 14.2 Å². The van der Waals surface area contributed by atoms with Crippen molar-refractivity contribution in [3.05, 3.63) is 71.8 Å². The van der Waals surface area contributed by atoms with Crippen molar-refractivity contribution >= 4 is 18.1 Å². The van der Waals surface area contributed by atoms with Gasteiger partial charge in [0.05, 0.1) is 6.54 Å². The van der Waals surface area contributed by atoms with Gasteiger partial charge < -0.3 is 14.2 Å². The maximum atomic E-state index is 14.5. The highest BCUT2D eigenvalue weighted by molar-refractivity contribution is 5.95. The highest BCUT2D eigenvalue weighted by Crippen LogP contribution is 2.52. The van der Waals surface area contributed by atoms with Crippen molar-refractivity contribution in [2.24, 2.45) is 11.8 Å². The minimum absolute atomic E-state index is 0.0221. The first-order chi connectivity index (χ1) is 23.7. The Bertz CT molecular complexity index is 1310. The Morgan fingerprint density at radius 3 is 1.88 bits per heavy atom. The third kappa shape index (κ3) is 10.0. The van der Waals surface area contributed by atoms with E-state index in [0.717, 1.165) is 56.1 Å². The number of benzene rings is 2. The molecule has 5 unspecified atom stereocenters. The van der Waals surface area contributed by atoms with E-state index in [-0.39, 0.29) is 48.3 Å². The Morgan fingerprint density at radius 2 is 1.33 bits per heavy atom. The zero-order chi connectivity index (χ0) is 35.1. The van der Waals surface area contributed by atoms with Crippen molar-refractivity contribution in [3.63, 3.8) is 0 Å². The first-order valence-corrected chi connectivity index (χ1v) is 18.5. The number of hydrogen-bond acceptors (Lipinski definition) is 7. The molecule has 1 spiro atoms. The zero-order valence-electron chi connectivity index (χ0n) is 30.1. The van der Waals surface area contributed by atoms with Gasteiger partial charge in [-0.3, -0.25) is 10.6 Å². The molecule has 2 heterocycles. The number of nitrogens with zero attached hydrogens (tertiary/aromatic N) is 1. The number of quaternary nitrogens is 1. The van der Waals surface area contributed by atoms with E-state index >= 15 is 0 Å². The standard InChI is InChI=1S/C39H58N4O6/c1-5-31(4)39(42-38(46)48-28-33-23-17-14-18-24-33)36(44)43(39)26-20-12-10-8-6-7-9-11-19-25-34(43)40-29-49-35(30(2)3)41-37(45)47-27-32-21-15-13-16-22-32/h13-18,21-24,30-31,34-35,40H,5-12,19-20,25-29H2,1-4H3,(H-,41,42,45,46)/p+1. The van der Waals surface area contributed by atoms with Crippen molar-refractivity contribution in [2.45, 2.75) is 130 Å². The maximum absolute atomic E-state index is 14.5. The SMILES string of the molecule is CCC(C)C1(NC(=O)OCc2ccccc2)C(=O)[N+]12CCCCCCCCCCCC2NCOC(NC(=O)OCc1ccccc1)C(C)C. The number of alkyl carbamates (subject to hydrolysis) is 2.